The number of carbonyl (C=O) groups is 1. The summed E-state index contributed by atoms with van der Waals surface area (Å²) in [4.78, 5) is 17.3. The van der Waals surface area contributed by atoms with E-state index in [-0.39, 0.29) is 18.4 Å². The van der Waals surface area contributed by atoms with Crippen LogP contribution in [0.4, 0.5) is 24.5 Å². The van der Waals surface area contributed by atoms with Crippen LogP contribution in [-0.4, -0.2) is 38.1 Å². The fourth-order valence-corrected chi connectivity index (χ4v) is 4.48. The van der Waals surface area contributed by atoms with Crippen LogP contribution < -0.4 is 15.1 Å². The Bertz CT molecular complexity index is 929. The molecule has 0 bridgehead atoms. The van der Waals surface area contributed by atoms with Gasteiger partial charge in [0.2, 0.25) is 5.91 Å². The van der Waals surface area contributed by atoms with Gasteiger partial charge >= 0.3 is 6.18 Å². The number of fused-ring (bicyclic) bond motifs is 3. The van der Waals surface area contributed by atoms with Gasteiger partial charge in [0.15, 0.2) is 0 Å². The minimum atomic E-state index is -4.40. The largest absolute Gasteiger partial charge is 0.416 e. The van der Waals surface area contributed by atoms with Crippen molar-refractivity contribution in [1.29, 1.82) is 0 Å². The lowest BCUT2D eigenvalue weighted by atomic mass is 9.82. The van der Waals surface area contributed by atoms with E-state index in [1.165, 1.54) is 6.07 Å². The number of piperazine rings is 1. The molecule has 0 saturated carbocycles. The highest BCUT2D eigenvalue weighted by atomic mass is 19.4. The number of hydrogen-bond donors (Lipinski definition) is 1. The number of anilines is 2. The summed E-state index contributed by atoms with van der Waals surface area (Å²) in [5, 5.41) is 2.84. The van der Waals surface area contributed by atoms with E-state index in [0.717, 1.165) is 24.0 Å². The molecule has 2 atom stereocenters. The van der Waals surface area contributed by atoms with Crippen molar-refractivity contribution in [3.63, 3.8) is 0 Å². The summed E-state index contributed by atoms with van der Waals surface area (Å²) in [5.74, 6) is -0.588. The summed E-state index contributed by atoms with van der Waals surface area (Å²) in [5.41, 5.74) is 1.79. The number of nitrogens with zero attached hydrogens (tertiary/aromatic N) is 2. The minimum Gasteiger partial charge on any atom is -0.368 e. The van der Waals surface area contributed by atoms with Gasteiger partial charge in [-0.1, -0.05) is 24.3 Å². The van der Waals surface area contributed by atoms with Gasteiger partial charge in [0.05, 0.1) is 17.5 Å². The second kappa shape index (κ2) is 8.05. The van der Waals surface area contributed by atoms with Gasteiger partial charge in [-0.3, -0.25) is 4.79 Å². The van der Waals surface area contributed by atoms with Gasteiger partial charge in [-0.2, -0.15) is 13.2 Å². The molecule has 158 valence electrons. The van der Waals surface area contributed by atoms with Crippen molar-refractivity contribution in [3.8, 4) is 0 Å². The maximum absolute atomic E-state index is 13.2. The van der Waals surface area contributed by atoms with Crippen molar-refractivity contribution in [2.24, 2.45) is 5.92 Å². The number of para-hydroxylation sites is 1. The summed E-state index contributed by atoms with van der Waals surface area (Å²) >= 11 is 0. The average molecular weight is 415 g/mol. The Labute approximate surface area is 174 Å². The quantitative estimate of drug-likeness (QED) is 0.770. The molecule has 4 rings (SSSR count). The zero-order valence-electron chi connectivity index (χ0n) is 16.5. The van der Waals surface area contributed by atoms with Crippen LogP contribution in [0.5, 0.6) is 0 Å². The summed E-state index contributed by atoms with van der Waals surface area (Å²) < 4.78 is 39.7. The summed E-state index contributed by atoms with van der Waals surface area (Å²) in [7, 11) is 0. The van der Waals surface area contributed by atoms with Gasteiger partial charge in [-0.15, -0.1) is 6.58 Å². The Hall–Kier alpha value is -2.96. The maximum Gasteiger partial charge on any atom is 0.416 e. The predicted molar refractivity (Wildman–Crippen MR) is 112 cm³/mol. The number of halogens is 3. The van der Waals surface area contributed by atoms with Crippen molar-refractivity contribution < 1.29 is 18.0 Å². The van der Waals surface area contributed by atoms with Gasteiger partial charge < -0.3 is 15.1 Å². The molecular weight excluding hydrogens is 391 g/mol. The van der Waals surface area contributed by atoms with Gasteiger partial charge in [-0.25, -0.2) is 0 Å². The molecule has 2 aliphatic rings. The van der Waals surface area contributed by atoms with Crippen LogP contribution in [0.25, 0.3) is 0 Å². The van der Waals surface area contributed by atoms with Crippen LogP contribution in [0.3, 0.4) is 0 Å². The fraction of sp³-hybridized carbons (Fsp3) is 0.348. The zero-order chi connectivity index (χ0) is 21.3. The number of rotatable bonds is 4. The zero-order valence-corrected chi connectivity index (χ0v) is 16.5. The Morgan fingerprint density at radius 2 is 1.93 bits per heavy atom. The SMILES string of the molecule is C=CCNC(=O)[C@@H]1Cc2cc(C(F)(F)F)ccc2N2CCN(c3ccccc3)C[C@H]12. The summed E-state index contributed by atoms with van der Waals surface area (Å²) in [6.07, 6.45) is -2.52. The molecule has 2 heterocycles. The van der Waals surface area contributed by atoms with E-state index in [2.05, 4.69) is 21.7 Å². The third-order valence-corrected chi connectivity index (χ3v) is 5.92. The minimum absolute atomic E-state index is 0.118. The van der Waals surface area contributed by atoms with Gasteiger partial charge in [0.1, 0.15) is 0 Å². The van der Waals surface area contributed by atoms with Gasteiger partial charge in [-0.05, 0) is 42.3 Å². The molecule has 30 heavy (non-hydrogen) atoms. The second-order valence-electron chi connectivity index (χ2n) is 7.73. The van der Waals surface area contributed by atoms with Crippen LogP contribution in [0, 0.1) is 5.92 Å². The van der Waals surface area contributed by atoms with E-state index >= 15 is 0 Å². The third kappa shape index (κ3) is 3.88. The van der Waals surface area contributed by atoms with Gasteiger partial charge in [0.25, 0.3) is 0 Å². The molecule has 1 amide bonds. The second-order valence-corrected chi connectivity index (χ2v) is 7.73. The highest BCUT2D eigenvalue weighted by Crippen LogP contribution is 2.40. The molecule has 0 aliphatic carbocycles. The van der Waals surface area contributed by atoms with E-state index in [1.54, 1.807) is 12.1 Å². The van der Waals surface area contributed by atoms with Crippen molar-refractivity contribution in [2.75, 3.05) is 36.0 Å². The molecule has 0 aromatic heterocycles. The maximum atomic E-state index is 13.2. The monoisotopic (exact) mass is 415 g/mol. The van der Waals surface area contributed by atoms with Crippen LogP contribution in [0.15, 0.2) is 61.2 Å². The van der Waals surface area contributed by atoms with E-state index in [4.69, 9.17) is 0 Å². The lowest BCUT2D eigenvalue weighted by molar-refractivity contribution is -0.137. The molecule has 2 aromatic rings. The number of hydrogen-bond acceptors (Lipinski definition) is 3. The normalized spacial score (nSPS) is 20.9. The third-order valence-electron chi connectivity index (χ3n) is 5.92. The summed E-state index contributed by atoms with van der Waals surface area (Å²) in [6, 6.07) is 13.8. The standard InChI is InChI=1S/C23H24F3N3O/c1-2-10-27-22(30)19-14-16-13-17(23(24,25)26)8-9-20(16)29-12-11-28(15-21(19)29)18-6-4-3-5-7-18/h2-9,13,19,21H,1,10-12,14-15H2,(H,27,30)/t19-,21-/m1/s1. The van der Waals surface area contributed by atoms with Crippen molar-refractivity contribution in [2.45, 2.75) is 18.6 Å². The first-order valence-electron chi connectivity index (χ1n) is 10.0. The molecule has 0 radical (unpaired) electrons. The average Bonchev–Trinajstić information content (AvgIpc) is 2.76. The molecule has 0 unspecified atom stereocenters. The molecule has 4 nitrogen and oxygen atoms in total. The molecule has 2 aliphatic heterocycles. The molecule has 7 heteroatoms. The molecule has 0 spiro atoms. The topological polar surface area (TPSA) is 35.6 Å². The Morgan fingerprint density at radius 3 is 2.63 bits per heavy atom. The van der Waals surface area contributed by atoms with Crippen LogP contribution in [-0.2, 0) is 17.4 Å². The molecule has 1 N–H and O–H groups in total. The highest BCUT2D eigenvalue weighted by Gasteiger charge is 2.42. The predicted octanol–water partition coefficient (Wildman–Crippen LogP) is 3.88. The van der Waals surface area contributed by atoms with E-state index < -0.39 is 17.7 Å². The van der Waals surface area contributed by atoms with E-state index in [0.29, 0.717) is 25.2 Å². The van der Waals surface area contributed by atoms with Crippen LogP contribution in [0.2, 0.25) is 0 Å². The smallest absolute Gasteiger partial charge is 0.368 e. The van der Waals surface area contributed by atoms with Crippen molar-refractivity contribution >= 4 is 17.3 Å². The lowest BCUT2D eigenvalue weighted by Gasteiger charge is -2.49. The number of amides is 1. The fourth-order valence-electron chi connectivity index (χ4n) is 4.48. The number of carbonyl (C=O) groups excluding carboxylic acids is 1. The molecular formula is C23H24F3N3O. The molecule has 1 fully saturated rings. The lowest BCUT2D eigenvalue weighted by Crippen LogP contribution is -2.61. The van der Waals surface area contributed by atoms with Crippen LogP contribution >= 0.6 is 0 Å². The first-order chi connectivity index (χ1) is 14.4. The number of benzene rings is 2. The van der Waals surface area contributed by atoms with Gasteiger partial charge in [0, 0.05) is 37.6 Å². The number of nitrogens with one attached hydrogen (secondary N) is 1. The Morgan fingerprint density at radius 1 is 1.17 bits per heavy atom. The highest BCUT2D eigenvalue weighted by molar-refractivity contribution is 5.82. The van der Waals surface area contributed by atoms with Crippen LogP contribution in [0.1, 0.15) is 11.1 Å². The first-order valence-corrected chi connectivity index (χ1v) is 10.0. The van der Waals surface area contributed by atoms with Crippen molar-refractivity contribution in [3.05, 3.63) is 72.3 Å². The van der Waals surface area contributed by atoms with Crippen molar-refractivity contribution in [1.82, 2.24) is 5.32 Å². The Kier molecular flexibility index (Phi) is 5.45. The molecule has 2 aromatic carbocycles. The number of alkyl halides is 3. The first kappa shape index (κ1) is 20.3. The molecule has 1 saturated heterocycles. The Balaban J connectivity index is 1.68. The van der Waals surface area contributed by atoms with E-state index in [9.17, 15) is 18.0 Å². The van der Waals surface area contributed by atoms with E-state index in [1.807, 2.05) is 30.3 Å². The summed E-state index contributed by atoms with van der Waals surface area (Å²) in [6.45, 7) is 5.98.